The molecule has 5 heteroatoms. The SMILES string of the molecule is O=C[C@@H]1CN(Cc2ccc(Cl)cc2Cl)C[C@@H]1c1ccsc1. The molecule has 2 nitrogen and oxygen atoms in total. The number of halogens is 2. The number of thiophene rings is 1. The summed E-state index contributed by atoms with van der Waals surface area (Å²) in [4.78, 5) is 13.6. The highest BCUT2D eigenvalue weighted by Crippen LogP contribution is 2.34. The van der Waals surface area contributed by atoms with Crippen LogP contribution in [0.3, 0.4) is 0 Å². The smallest absolute Gasteiger partial charge is 0.125 e. The second-order valence-corrected chi connectivity index (χ2v) is 7.02. The van der Waals surface area contributed by atoms with Gasteiger partial charge < -0.3 is 4.79 Å². The van der Waals surface area contributed by atoms with Gasteiger partial charge in [-0.15, -0.1) is 0 Å². The van der Waals surface area contributed by atoms with Gasteiger partial charge in [0.05, 0.1) is 0 Å². The van der Waals surface area contributed by atoms with Crippen molar-refractivity contribution in [2.45, 2.75) is 12.5 Å². The molecule has 2 aromatic rings. The van der Waals surface area contributed by atoms with Crippen molar-refractivity contribution in [3.63, 3.8) is 0 Å². The van der Waals surface area contributed by atoms with E-state index in [1.807, 2.05) is 12.1 Å². The molecule has 110 valence electrons. The fourth-order valence-electron chi connectivity index (χ4n) is 2.91. The number of nitrogens with zero attached hydrogens (tertiary/aromatic N) is 1. The molecule has 21 heavy (non-hydrogen) atoms. The van der Waals surface area contributed by atoms with Crippen molar-refractivity contribution < 1.29 is 4.79 Å². The molecule has 1 aromatic heterocycles. The Kier molecular flexibility index (Phi) is 4.65. The zero-order valence-electron chi connectivity index (χ0n) is 11.3. The van der Waals surface area contributed by atoms with Gasteiger partial charge in [-0.2, -0.15) is 11.3 Å². The van der Waals surface area contributed by atoms with Crippen LogP contribution in [-0.2, 0) is 11.3 Å². The van der Waals surface area contributed by atoms with Crippen LogP contribution in [0.5, 0.6) is 0 Å². The number of likely N-dealkylation sites (tertiary alicyclic amines) is 1. The molecular weight excluding hydrogens is 325 g/mol. The lowest BCUT2D eigenvalue weighted by atomic mass is 9.92. The molecule has 0 amide bonds. The third-order valence-electron chi connectivity index (χ3n) is 4.00. The summed E-state index contributed by atoms with van der Waals surface area (Å²) in [6.07, 6.45) is 1.09. The first-order chi connectivity index (χ1) is 10.2. The number of carbonyl (C=O) groups excluding carboxylic acids is 1. The number of aldehydes is 1. The van der Waals surface area contributed by atoms with E-state index in [-0.39, 0.29) is 5.92 Å². The van der Waals surface area contributed by atoms with Crippen LogP contribution in [0.4, 0.5) is 0 Å². The lowest BCUT2D eigenvalue weighted by Crippen LogP contribution is -2.20. The van der Waals surface area contributed by atoms with Crippen molar-refractivity contribution in [2.75, 3.05) is 13.1 Å². The van der Waals surface area contributed by atoms with E-state index in [0.29, 0.717) is 16.0 Å². The molecule has 2 heterocycles. The predicted molar refractivity (Wildman–Crippen MR) is 88.4 cm³/mol. The lowest BCUT2D eigenvalue weighted by molar-refractivity contribution is -0.111. The Morgan fingerprint density at radius 2 is 2.14 bits per heavy atom. The number of rotatable bonds is 4. The molecule has 1 fully saturated rings. The maximum atomic E-state index is 11.4. The molecule has 2 atom stereocenters. The van der Waals surface area contributed by atoms with E-state index >= 15 is 0 Å². The lowest BCUT2D eigenvalue weighted by Gasteiger charge is -2.16. The molecule has 1 aliphatic rings. The summed E-state index contributed by atoms with van der Waals surface area (Å²) in [7, 11) is 0. The van der Waals surface area contributed by atoms with Gasteiger partial charge in [0, 0.05) is 41.5 Å². The van der Waals surface area contributed by atoms with Crippen LogP contribution >= 0.6 is 34.5 Å². The predicted octanol–water partition coefficient (Wildman–Crippen LogP) is 4.47. The number of hydrogen-bond acceptors (Lipinski definition) is 3. The van der Waals surface area contributed by atoms with E-state index < -0.39 is 0 Å². The third-order valence-corrected chi connectivity index (χ3v) is 5.28. The minimum absolute atomic E-state index is 0.0608. The van der Waals surface area contributed by atoms with Crippen molar-refractivity contribution in [1.82, 2.24) is 4.90 Å². The molecule has 3 rings (SSSR count). The normalized spacial score (nSPS) is 22.6. The molecule has 0 radical (unpaired) electrons. The maximum absolute atomic E-state index is 11.4. The van der Waals surface area contributed by atoms with Crippen molar-refractivity contribution in [3.05, 3.63) is 56.2 Å². The summed E-state index contributed by atoms with van der Waals surface area (Å²) >= 11 is 13.8. The van der Waals surface area contributed by atoms with E-state index in [0.717, 1.165) is 31.5 Å². The van der Waals surface area contributed by atoms with Gasteiger partial charge in [0.15, 0.2) is 0 Å². The molecular formula is C16H15Cl2NOS. The van der Waals surface area contributed by atoms with Crippen molar-refractivity contribution in [3.8, 4) is 0 Å². The quantitative estimate of drug-likeness (QED) is 0.766. The van der Waals surface area contributed by atoms with Gasteiger partial charge >= 0.3 is 0 Å². The Bertz CT molecular complexity index is 629. The Morgan fingerprint density at radius 1 is 1.29 bits per heavy atom. The fourth-order valence-corrected chi connectivity index (χ4v) is 4.10. The van der Waals surface area contributed by atoms with Gasteiger partial charge in [-0.25, -0.2) is 0 Å². The number of benzene rings is 1. The first kappa shape index (κ1) is 15.0. The monoisotopic (exact) mass is 339 g/mol. The minimum Gasteiger partial charge on any atom is -0.303 e. The van der Waals surface area contributed by atoms with Crippen molar-refractivity contribution in [1.29, 1.82) is 0 Å². The highest BCUT2D eigenvalue weighted by Gasteiger charge is 2.33. The first-order valence-corrected chi connectivity index (χ1v) is 8.51. The van der Waals surface area contributed by atoms with Crippen molar-refractivity contribution >= 4 is 40.8 Å². The van der Waals surface area contributed by atoms with E-state index in [1.165, 1.54) is 5.56 Å². The summed E-state index contributed by atoms with van der Waals surface area (Å²) in [5, 5.41) is 5.53. The number of carbonyl (C=O) groups is 1. The van der Waals surface area contributed by atoms with Crippen molar-refractivity contribution in [2.24, 2.45) is 5.92 Å². The van der Waals surface area contributed by atoms with Crippen LogP contribution in [0.2, 0.25) is 10.0 Å². The first-order valence-electron chi connectivity index (χ1n) is 6.81. The van der Waals surface area contributed by atoms with E-state index in [9.17, 15) is 4.79 Å². The van der Waals surface area contributed by atoms with Gasteiger partial charge in [0.25, 0.3) is 0 Å². The van der Waals surface area contributed by atoms with Crippen LogP contribution in [0, 0.1) is 5.92 Å². The third kappa shape index (κ3) is 3.32. The maximum Gasteiger partial charge on any atom is 0.125 e. The molecule has 1 aromatic carbocycles. The summed E-state index contributed by atoms with van der Waals surface area (Å²) in [5.41, 5.74) is 2.32. The average molecular weight is 340 g/mol. The fraction of sp³-hybridized carbons (Fsp3) is 0.312. The summed E-state index contributed by atoms with van der Waals surface area (Å²) < 4.78 is 0. The Balaban J connectivity index is 1.74. The van der Waals surface area contributed by atoms with Gasteiger partial charge in [-0.05, 0) is 40.1 Å². The van der Waals surface area contributed by atoms with Crippen LogP contribution in [0.15, 0.2) is 35.0 Å². The van der Waals surface area contributed by atoms with Crippen LogP contribution in [-0.4, -0.2) is 24.3 Å². The molecule has 0 saturated carbocycles. The van der Waals surface area contributed by atoms with E-state index in [2.05, 4.69) is 21.7 Å². The van der Waals surface area contributed by atoms with Gasteiger partial charge in [0.1, 0.15) is 6.29 Å². The second-order valence-electron chi connectivity index (χ2n) is 5.39. The van der Waals surface area contributed by atoms with Crippen LogP contribution < -0.4 is 0 Å². The van der Waals surface area contributed by atoms with Gasteiger partial charge in [-0.3, -0.25) is 4.90 Å². The molecule has 0 aliphatic carbocycles. The molecule has 0 bridgehead atoms. The highest BCUT2D eigenvalue weighted by atomic mass is 35.5. The summed E-state index contributed by atoms with van der Waals surface area (Å²) in [6, 6.07) is 7.69. The molecule has 1 aliphatic heterocycles. The van der Waals surface area contributed by atoms with Crippen LogP contribution in [0.25, 0.3) is 0 Å². The van der Waals surface area contributed by atoms with Gasteiger partial charge in [-0.1, -0.05) is 29.3 Å². The van der Waals surface area contributed by atoms with Crippen LogP contribution in [0.1, 0.15) is 17.0 Å². The summed E-state index contributed by atoms with van der Waals surface area (Å²) in [5.74, 6) is 0.352. The molecule has 0 N–H and O–H groups in total. The Hall–Kier alpha value is -0.870. The van der Waals surface area contributed by atoms with Gasteiger partial charge in [0.2, 0.25) is 0 Å². The number of hydrogen-bond donors (Lipinski definition) is 0. The standard InChI is InChI=1S/C16H15Cl2NOS/c17-14-2-1-11(16(18)5-14)6-19-7-13(9-20)15(8-19)12-3-4-21-10-12/h1-5,9-10,13,15H,6-8H2/t13-,15+/m0/s1. The topological polar surface area (TPSA) is 20.3 Å². The van der Waals surface area contributed by atoms with E-state index in [1.54, 1.807) is 17.4 Å². The molecule has 0 spiro atoms. The second kappa shape index (κ2) is 6.49. The zero-order chi connectivity index (χ0) is 14.8. The minimum atomic E-state index is 0.0608. The van der Waals surface area contributed by atoms with E-state index in [4.69, 9.17) is 23.2 Å². The Labute approximate surface area is 138 Å². The molecule has 0 unspecified atom stereocenters. The average Bonchev–Trinajstić information content (AvgIpc) is 3.10. The highest BCUT2D eigenvalue weighted by molar-refractivity contribution is 7.08. The largest absolute Gasteiger partial charge is 0.303 e. The Morgan fingerprint density at radius 3 is 2.81 bits per heavy atom. The summed E-state index contributed by atoms with van der Waals surface area (Å²) in [6.45, 7) is 2.42. The zero-order valence-corrected chi connectivity index (χ0v) is 13.7. The molecule has 1 saturated heterocycles.